The quantitative estimate of drug-likeness (QED) is 0.666. The highest BCUT2D eigenvalue weighted by molar-refractivity contribution is 7.88. The van der Waals surface area contributed by atoms with Crippen molar-refractivity contribution < 1.29 is 17.9 Å². The lowest BCUT2D eigenvalue weighted by Crippen LogP contribution is -2.43. The SMILES string of the molecule is CCOc1cccc(CNC(=O)C2CCN(S(=O)(=O)Cc3ccc(Cl)cc3)CC2)c1. The highest BCUT2D eigenvalue weighted by Crippen LogP contribution is 2.23. The average Bonchev–Trinajstić information content (AvgIpc) is 2.74. The Morgan fingerprint density at radius 1 is 1.13 bits per heavy atom. The molecule has 30 heavy (non-hydrogen) atoms. The summed E-state index contributed by atoms with van der Waals surface area (Å²) in [5.74, 6) is 0.508. The summed E-state index contributed by atoms with van der Waals surface area (Å²) in [7, 11) is -3.42. The first-order valence-corrected chi connectivity index (χ1v) is 12.1. The predicted octanol–water partition coefficient (Wildman–Crippen LogP) is 3.60. The number of ether oxygens (including phenoxy) is 1. The molecule has 1 N–H and O–H groups in total. The predicted molar refractivity (Wildman–Crippen MR) is 118 cm³/mol. The Morgan fingerprint density at radius 2 is 1.83 bits per heavy atom. The van der Waals surface area contributed by atoms with Crippen molar-refractivity contribution in [2.75, 3.05) is 19.7 Å². The lowest BCUT2D eigenvalue weighted by molar-refractivity contribution is -0.126. The number of rotatable bonds is 8. The first-order chi connectivity index (χ1) is 14.4. The number of sulfonamides is 1. The van der Waals surface area contributed by atoms with E-state index in [1.807, 2.05) is 31.2 Å². The van der Waals surface area contributed by atoms with Crippen LogP contribution in [0.4, 0.5) is 0 Å². The molecule has 0 saturated carbocycles. The van der Waals surface area contributed by atoms with Crippen LogP contribution in [0.15, 0.2) is 48.5 Å². The van der Waals surface area contributed by atoms with Crippen LogP contribution in [0.5, 0.6) is 5.75 Å². The van der Waals surface area contributed by atoms with Gasteiger partial charge in [0.05, 0.1) is 12.4 Å². The van der Waals surface area contributed by atoms with Gasteiger partial charge in [0.15, 0.2) is 0 Å². The lowest BCUT2D eigenvalue weighted by atomic mass is 9.97. The second-order valence-electron chi connectivity index (χ2n) is 7.35. The second kappa shape index (κ2) is 10.3. The van der Waals surface area contributed by atoms with Crippen LogP contribution in [0.1, 0.15) is 30.9 Å². The van der Waals surface area contributed by atoms with E-state index in [2.05, 4.69) is 5.32 Å². The normalized spacial score (nSPS) is 15.7. The summed E-state index contributed by atoms with van der Waals surface area (Å²) in [6.45, 7) is 3.66. The minimum atomic E-state index is -3.42. The Hall–Kier alpha value is -2.09. The van der Waals surface area contributed by atoms with Crippen LogP contribution in [0.25, 0.3) is 0 Å². The maximum Gasteiger partial charge on any atom is 0.223 e. The van der Waals surface area contributed by atoms with Crippen molar-refractivity contribution in [3.05, 3.63) is 64.7 Å². The summed E-state index contributed by atoms with van der Waals surface area (Å²) in [5, 5.41) is 3.54. The number of hydrogen-bond acceptors (Lipinski definition) is 4. The molecule has 1 aliphatic rings. The lowest BCUT2D eigenvalue weighted by Gasteiger charge is -2.30. The van der Waals surface area contributed by atoms with Gasteiger partial charge in [-0.1, -0.05) is 35.9 Å². The molecule has 1 amide bonds. The van der Waals surface area contributed by atoms with Crippen molar-refractivity contribution in [3.8, 4) is 5.75 Å². The number of carbonyl (C=O) groups is 1. The van der Waals surface area contributed by atoms with Gasteiger partial charge in [0.2, 0.25) is 15.9 Å². The number of halogens is 1. The fourth-order valence-electron chi connectivity index (χ4n) is 3.52. The van der Waals surface area contributed by atoms with E-state index >= 15 is 0 Å². The number of benzene rings is 2. The van der Waals surface area contributed by atoms with Gasteiger partial charge in [0.1, 0.15) is 5.75 Å². The van der Waals surface area contributed by atoms with Crippen molar-refractivity contribution in [1.82, 2.24) is 9.62 Å². The topological polar surface area (TPSA) is 75.7 Å². The van der Waals surface area contributed by atoms with Gasteiger partial charge in [-0.05, 0) is 55.2 Å². The van der Waals surface area contributed by atoms with Gasteiger partial charge < -0.3 is 10.1 Å². The zero-order chi connectivity index (χ0) is 21.6. The molecule has 0 aliphatic carbocycles. The van der Waals surface area contributed by atoms with E-state index in [0.29, 0.717) is 49.7 Å². The summed E-state index contributed by atoms with van der Waals surface area (Å²) in [6, 6.07) is 14.5. The van der Waals surface area contributed by atoms with Crippen molar-refractivity contribution in [3.63, 3.8) is 0 Å². The molecule has 2 aromatic rings. The molecule has 0 aromatic heterocycles. The van der Waals surface area contributed by atoms with Crippen LogP contribution in [0.3, 0.4) is 0 Å². The summed E-state index contributed by atoms with van der Waals surface area (Å²) < 4.78 is 32.3. The van der Waals surface area contributed by atoms with E-state index in [1.54, 1.807) is 24.3 Å². The summed E-state index contributed by atoms with van der Waals surface area (Å²) in [6.07, 6.45) is 1.04. The van der Waals surface area contributed by atoms with E-state index in [-0.39, 0.29) is 17.6 Å². The molecular formula is C22H27ClN2O4S. The first-order valence-electron chi connectivity index (χ1n) is 10.1. The number of amides is 1. The highest BCUT2D eigenvalue weighted by atomic mass is 35.5. The number of nitrogens with one attached hydrogen (secondary N) is 1. The summed E-state index contributed by atoms with van der Waals surface area (Å²) >= 11 is 5.86. The minimum Gasteiger partial charge on any atom is -0.494 e. The van der Waals surface area contributed by atoms with Crippen LogP contribution in [0.2, 0.25) is 5.02 Å². The third kappa shape index (κ3) is 6.20. The molecule has 1 aliphatic heterocycles. The van der Waals surface area contributed by atoms with E-state index in [9.17, 15) is 13.2 Å². The maximum atomic E-state index is 12.7. The molecule has 3 rings (SSSR count). The molecule has 6 nitrogen and oxygen atoms in total. The zero-order valence-corrected chi connectivity index (χ0v) is 18.6. The average molecular weight is 451 g/mol. The van der Waals surface area contributed by atoms with Crippen LogP contribution in [-0.4, -0.2) is 38.3 Å². The molecule has 0 atom stereocenters. The smallest absolute Gasteiger partial charge is 0.223 e. The van der Waals surface area contributed by atoms with Crippen molar-refractivity contribution >= 4 is 27.5 Å². The molecular weight excluding hydrogens is 424 g/mol. The zero-order valence-electron chi connectivity index (χ0n) is 17.0. The van der Waals surface area contributed by atoms with Gasteiger partial charge in [-0.3, -0.25) is 4.79 Å². The standard InChI is InChI=1S/C22H27ClN2O4S/c1-2-29-21-5-3-4-18(14-21)15-24-22(26)19-10-12-25(13-11-19)30(27,28)16-17-6-8-20(23)9-7-17/h3-9,14,19H,2,10-13,15-16H2,1H3,(H,24,26). The van der Waals surface area contributed by atoms with Gasteiger partial charge in [0, 0.05) is 30.6 Å². The van der Waals surface area contributed by atoms with E-state index in [0.717, 1.165) is 11.3 Å². The molecule has 0 radical (unpaired) electrons. The van der Waals surface area contributed by atoms with Crippen molar-refractivity contribution in [2.24, 2.45) is 5.92 Å². The van der Waals surface area contributed by atoms with Gasteiger partial charge in [-0.25, -0.2) is 12.7 Å². The Kier molecular flexibility index (Phi) is 7.75. The first kappa shape index (κ1) is 22.6. The Morgan fingerprint density at radius 3 is 2.50 bits per heavy atom. The summed E-state index contributed by atoms with van der Waals surface area (Å²) in [5.41, 5.74) is 1.67. The molecule has 162 valence electrons. The van der Waals surface area contributed by atoms with Crippen LogP contribution < -0.4 is 10.1 Å². The van der Waals surface area contributed by atoms with Gasteiger partial charge in [-0.15, -0.1) is 0 Å². The van der Waals surface area contributed by atoms with Crippen LogP contribution in [0, 0.1) is 5.92 Å². The highest BCUT2D eigenvalue weighted by Gasteiger charge is 2.31. The number of hydrogen-bond donors (Lipinski definition) is 1. The Labute approximate surface area is 183 Å². The largest absolute Gasteiger partial charge is 0.494 e. The van der Waals surface area contributed by atoms with E-state index in [1.165, 1.54) is 4.31 Å². The Bertz CT molecular complexity index is 955. The van der Waals surface area contributed by atoms with Crippen molar-refractivity contribution in [2.45, 2.75) is 32.1 Å². The molecule has 1 saturated heterocycles. The minimum absolute atomic E-state index is 0.0356. The molecule has 0 unspecified atom stereocenters. The molecule has 1 heterocycles. The van der Waals surface area contributed by atoms with Gasteiger partial charge >= 0.3 is 0 Å². The molecule has 1 fully saturated rings. The monoisotopic (exact) mass is 450 g/mol. The number of carbonyl (C=O) groups excluding carboxylic acids is 1. The van der Waals surface area contributed by atoms with Crippen molar-refractivity contribution in [1.29, 1.82) is 0 Å². The van der Waals surface area contributed by atoms with E-state index < -0.39 is 10.0 Å². The van der Waals surface area contributed by atoms with Crippen LogP contribution >= 0.6 is 11.6 Å². The third-order valence-electron chi connectivity index (χ3n) is 5.16. The Balaban J connectivity index is 1.49. The third-order valence-corrected chi connectivity index (χ3v) is 7.26. The maximum absolute atomic E-state index is 12.7. The van der Waals surface area contributed by atoms with E-state index in [4.69, 9.17) is 16.3 Å². The molecule has 0 spiro atoms. The second-order valence-corrected chi connectivity index (χ2v) is 9.76. The van der Waals surface area contributed by atoms with Crippen LogP contribution in [-0.2, 0) is 27.1 Å². The molecule has 8 heteroatoms. The van der Waals surface area contributed by atoms with Gasteiger partial charge in [-0.2, -0.15) is 0 Å². The molecule has 0 bridgehead atoms. The fourth-order valence-corrected chi connectivity index (χ4v) is 5.21. The van der Waals surface area contributed by atoms with Gasteiger partial charge in [0.25, 0.3) is 0 Å². The number of piperidine rings is 1. The summed E-state index contributed by atoms with van der Waals surface area (Å²) in [4.78, 5) is 12.5. The molecule has 2 aromatic carbocycles. The fraction of sp³-hybridized carbons (Fsp3) is 0.409. The number of nitrogens with zero attached hydrogens (tertiary/aromatic N) is 1.